The van der Waals surface area contributed by atoms with Crippen molar-refractivity contribution in [2.75, 3.05) is 10.6 Å². The third-order valence-electron chi connectivity index (χ3n) is 3.66. The van der Waals surface area contributed by atoms with E-state index < -0.39 is 0 Å². The van der Waals surface area contributed by atoms with Crippen LogP contribution in [0.5, 0.6) is 0 Å². The summed E-state index contributed by atoms with van der Waals surface area (Å²) in [5, 5.41) is 14.7. The molecular formula is C15H19N5. The van der Waals surface area contributed by atoms with E-state index >= 15 is 0 Å². The predicted octanol–water partition coefficient (Wildman–Crippen LogP) is 3.28. The molecule has 1 aliphatic rings. The molecule has 1 aromatic carbocycles. The van der Waals surface area contributed by atoms with Gasteiger partial charge in [-0.05, 0) is 31.4 Å². The highest BCUT2D eigenvalue weighted by Crippen LogP contribution is 2.22. The first-order valence-corrected chi connectivity index (χ1v) is 7.10. The summed E-state index contributed by atoms with van der Waals surface area (Å²) in [6, 6.07) is 8.59. The van der Waals surface area contributed by atoms with Gasteiger partial charge in [-0.25, -0.2) is 0 Å². The molecule has 5 heteroatoms. The lowest BCUT2D eigenvalue weighted by Crippen LogP contribution is -2.16. The van der Waals surface area contributed by atoms with Gasteiger partial charge in [0.2, 0.25) is 5.95 Å². The molecule has 20 heavy (non-hydrogen) atoms. The number of hydrogen-bond acceptors (Lipinski definition) is 5. The molecule has 1 aliphatic carbocycles. The first-order chi connectivity index (χ1) is 9.81. The highest BCUT2D eigenvalue weighted by atomic mass is 15.3. The third kappa shape index (κ3) is 3.04. The summed E-state index contributed by atoms with van der Waals surface area (Å²) < 4.78 is 0. The molecule has 5 nitrogen and oxygen atoms in total. The third-order valence-corrected chi connectivity index (χ3v) is 3.66. The molecule has 0 bridgehead atoms. The Hall–Kier alpha value is -2.17. The summed E-state index contributed by atoms with van der Waals surface area (Å²) >= 11 is 0. The van der Waals surface area contributed by atoms with Gasteiger partial charge >= 0.3 is 0 Å². The molecule has 0 atom stereocenters. The molecule has 1 saturated carbocycles. The Balaban J connectivity index is 1.72. The normalized spacial score (nSPS) is 15.2. The van der Waals surface area contributed by atoms with Gasteiger partial charge in [-0.2, -0.15) is 10.1 Å². The molecule has 2 aromatic rings. The zero-order valence-corrected chi connectivity index (χ0v) is 11.6. The average molecular weight is 269 g/mol. The number of anilines is 3. The van der Waals surface area contributed by atoms with E-state index in [0.29, 0.717) is 12.0 Å². The van der Waals surface area contributed by atoms with Gasteiger partial charge in [0.1, 0.15) is 0 Å². The van der Waals surface area contributed by atoms with Crippen molar-refractivity contribution in [2.45, 2.75) is 38.6 Å². The fourth-order valence-electron chi connectivity index (χ4n) is 2.54. The Labute approximate surface area is 118 Å². The minimum Gasteiger partial charge on any atom is -0.366 e. The van der Waals surface area contributed by atoms with Gasteiger partial charge < -0.3 is 10.6 Å². The van der Waals surface area contributed by atoms with Crippen molar-refractivity contribution in [1.82, 2.24) is 15.2 Å². The van der Waals surface area contributed by atoms with Crippen LogP contribution in [0.3, 0.4) is 0 Å². The highest BCUT2D eigenvalue weighted by molar-refractivity contribution is 5.58. The molecule has 0 radical (unpaired) electrons. The van der Waals surface area contributed by atoms with Crippen molar-refractivity contribution >= 4 is 17.5 Å². The molecule has 1 heterocycles. The highest BCUT2D eigenvalue weighted by Gasteiger charge is 2.15. The lowest BCUT2D eigenvalue weighted by Gasteiger charge is -2.13. The van der Waals surface area contributed by atoms with E-state index in [9.17, 15) is 0 Å². The van der Waals surface area contributed by atoms with Gasteiger partial charge in [0.25, 0.3) is 0 Å². The Morgan fingerprint density at radius 1 is 1.15 bits per heavy atom. The zero-order chi connectivity index (χ0) is 13.8. The van der Waals surface area contributed by atoms with Crippen LogP contribution in [0.25, 0.3) is 0 Å². The standard InChI is InChI=1S/C15H19N5/c1-11-6-2-5-9-13(11)18-15-19-14(10-16-20-15)17-12-7-3-4-8-12/h2,5-6,9-10,12H,3-4,7-8H2,1H3,(H2,17,18,19,20). The van der Waals surface area contributed by atoms with E-state index in [1.54, 1.807) is 6.20 Å². The minimum atomic E-state index is 0.526. The van der Waals surface area contributed by atoms with E-state index in [1.165, 1.54) is 25.7 Å². The van der Waals surface area contributed by atoms with E-state index in [2.05, 4.69) is 38.8 Å². The fraction of sp³-hybridized carbons (Fsp3) is 0.400. The summed E-state index contributed by atoms with van der Waals surface area (Å²) in [6.07, 6.45) is 6.70. The SMILES string of the molecule is Cc1ccccc1Nc1nncc(NC2CCCC2)n1. The van der Waals surface area contributed by atoms with Gasteiger partial charge in [0.05, 0.1) is 6.20 Å². The van der Waals surface area contributed by atoms with Crippen LogP contribution >= 0.6 is 0 Å². The second kappa shape index (κ2) is 5.86. The number of para-hydroxylation sites is 1. The molecule has 104 valence electrons. The fourth-order valence-corrected chi connectivity index (χ4v) is 2.54. The molecular weight excluding hydrogens is 250 g/mol. The molecule has 1 aromatic heterocycles. The summed E-state index contributed by atoms with van der Waals surface area (Å²) in [4.78, 5) is 4.48. The van der Waals surface area contributed by atoms with Gasteiger partial charge in [-0.1, -0.05) is 31.0 Å². The molecule has 3 rings (SSSR count). The molecule has 1 fully saturated rings. The van der Waals surface area contributed by atoms with Crippen molar-refractivity contribution < 1.29 is 0 Å². The number of nitrogens with one attached hydrogen (secondary N) is 2. The number of benzene rings is 1. The maximum atomic E-state index is 4.48. The predicted molar refractivity (Wildman–Crippen MR) is 80.2 cm³/mol. The van der Waals surface area contributed by atoms with Crippen LogP contribution in [-0.4, -0.2) is 21.2 Å². The summed E-state index contributed by atoms with van der Waals surface area (Å²) in [6.45, 7) is 2.05. The largest absolute Gasteiger partial charge is 0.366 e. The van der Waals surface area contributed by atoms with Gasteiger partial charge in [-0.3, -0.25) is 0 Å². The maximum Gasteiger partial charge on any atom is 0.249 e. The van der Waals surface area contributed by atoms with Crippen LogP contribution in [0.2, 0.25) is 0 Å². The van der Waals surface area contributed by atoms with Gasteiger partial charge in [0.15, 0.2) is 5.82 Å². The average Bonchev–Trinajstić information content (AvgIpc) is 2.95. The molecule has 0 amide bonds. The Kier molecular flexibility index (Phi) is 3.76. The number of hydrogen-bond donors (Lipinski definition) is 2. The molecule has 2 N–H and O–H groups in total. The molecule has 0 spiro atoms. The smallest absolute Gasteiger partial charge is 0.249 e. The van der Waals surface area contributed by atoms with Crippen molar-refractivity contribution in [1.29, 1.82) is 0 Å². The number of aromatic nitrogens is 3. The summed E-state index contributed by atoms with van der Waals surface area (Å²) in [5.41, 5.74) is 2.16. The van der Waals surface area contributed by atoms with Crippen LogP contribution in [0.15, 0.2) is 30.5 Å². The van der Waals surface area contributed by atoms with Crippen LogP contribution in [0.4, 0.5) is 17.5 Å². The monoisotopic (exact) mass is 269 g/mol. The minimum absolute atomic E-state index is 0.526. The second-order valence-electron chi connectivity index (χ2n) is 5.23. The Morgan fingerprint density at radius 3 is 2.75 bits per heavy atom. The Morgan fingerprint density at radius 2 is 1.95 bits per heavy atom. The van der Waals surface area contributed by atoms with Crippen LogP contribution in [-0.2, 0) is 0 Å². The quantitative estimate of drug-likeness (QED) is 0.892. The topological polar surface area (TPSA) is 62.7 Å². The van der Waals surface area contributed by atoms with Crippen molar-refractivity contribution in [3.63, 3.8) is 0 Å². The van der Waals surface area contributed by atoms with Crippen molar-refractivity contribution in [3.8, 4) is 0 Å². The first kappa shape index (κ1) is 12.8. The van der Waals surface area contributed by atoms with E-state index in [-0.39, 0.29) is 0 Å². The number of nitrogens with zero attached hydrogens (tertiary/aromatic N) is 3. The van der Waals surface area contributed by atoms with Crippen LogP contribution < -0.4 is 10.6 Å². The van der Waals surface area contributed by atoms with Crippen LogP contribution in [0, 0.1) is 6.92 Å². The van der Waals surface area contributed by atoms with Gasteiger partial charge in [-0.15, -0.1) is 5.10 Å². The lowest BCUT2D eigenvalue weighted by molar-refractivity contribution is 0.747. The second-order valence-corrected chi connectivity index (χ2v) is 5.23. The molecule has 0 unspecified atom stereocenters. The lowest BCUT2D eigenvalue weighted by atomic mass is 10.2. The first-order valence-electron chi connectivity index (χ1n) is 7.10. The van der Waals surface area contributed by atoms with E-state index in [0.717, 1.165) is 17.1 Å². The summed E-state index contributed by atoms with van der Waals surface area (Å²) in [7, 11) is 0. The zero-order valence-electron chi connectivity index (χ0n) is 11.6. The van der Waals surface area contributed by atoms with Gasteiger partial charge in [0, 0.05) is 11.7 Å². The van der Waals surface area contributed by atoms with E-state index in [4.69, 9.17) is 0 Å². The van der Waals surface area contributed by atoms with Crippen molar-refractivity contribution in [2.24, 2.45) is 0 Å². The number of aryl methyl sites for hydroxylation is 1. The summed E-state index contributed by atoms with van der Waals surface area (Å²) in [5.74, 6) is 1.32. The maximum absolute atomic E-state index is 4.48. The van der Waals surface area contributed by atoms with Crippen LogP contribution in [0.1, 0.15) is 31.2 Å². The number of rotatable bonds is 4. The molecule has 0 aliphatic heterocycles. The van der Waals surface area contributed by atoms with E-state index in [1.807, 2.05) is 18.2 Å². The Bertz CT molecular complexity index is 578. The van der Waals surface area contributed by atoms with Crippen molar-refractivity contribution in [3.05, 3.63) is 36.0 Å². The molecule has 0 saturated heterocycles.